The van der Waals surface area contributed by atoms with Crippen LogP contribution in [0.15, 0.2) is 74.3 Å². The van der Waals surface area contributed by atoms with Crippen LogP contribution in [0, 0.1) is 0 Å². The molecule has 8 nitrogen and oxygen atoms in total. The summed E-state index contributed by atoms with van der Waals surface area (Å²) >= 11 is 1.54. The third-order valence-corrected chi connectivity index (χ3v) is 5.38. The zero-order valence-corrected chi connectivity index (χ0v) is 16.6. The number of furan rings is 1. The Hall–Kier alpha value is -3.72. The van der Waals surface area contributed by atoms with Gasteiger partial charge in [-0.05, 0) is 12.1 Å². The van der Waals surface area contributed by atoms with Crippen molar-refractivity contribution >= 4 is 17.2 Å². The molecule has 0 aliphatic heterocycles. The standard InChI is InChI=1S/C21H18N4O4S/c26-18(17-11-23-21(28)25(20(17)27)12-16-7-4-10-29-16)22-9-8-15-13-30-19(24-15)14-5-2-1-3-6-14/h1-7,10-11,13H,8-9,12H2,(H,22,26)(H,23,28). The molecule has 0 aliphatic carbocycles. The second-order valence-electron chi connectivity index (χ2n) is 6.49. The van der Waals surface area contributed by atoms with Crippen LogP contribution in [-0.2, 0) is 13.0 Å². The summed E-state index contributed by atoms with van der Waals surface area (Å²) in [7, 11) is 0. The minimum atomic E-state index is -0.673. The predicted molar refractivity (Wildman–Crippen MR) is 113 cm³/mol. The van der Waals surface area contributed by atoms with Crippen molar-refractivity contribution < 1.29 is 9.21 Å². The molecule has 0 saturated heterocycles. The van der Waals surface area contributed by atoms with Crippen LogP contribution in [-0.4, -0.2) is 27.0 Å². The van der Waals surface area contributed by atoms with Crippen molar-refractivity contribution in [3.63, 3.8) is 0 Å². The zero-order chi connectivity index (χ0) is 20.9. The molecule has 0 atom stereocenters. The van der Waals surface area contributed by atoms with Gasteiger partial charge in [0, 0.05) is 30.1 Å². The van der Waals surface area contributed by atoms with Crippen LogP contribution in [0.1, 0.15) is 21.8 Å². The summed E-state index contributed by atoms with van der Waals surface area (Å²) in [4.78, 5) is 44.0. The Morgan fingerprint density at radius 3 is 2.77 bits per heavy atom. The fourth-order valence-corrected chi connectivity index (χ4v) is 3.77. The number of hydrogen-bond donors (Lipinski definition) is 2. The second kappa shape index (κ2) is 8.75. The first kappa shape index (κ1) is 19.6. The van der Waals surface area contributed by atoms with Crippen LogP contribution in [0.25, 0.3) is 10.6 Å². The minimum absolute atomic E-state index is 0.0522. The van der Waals surface area contributed by atoms with Crippen LogP contribution in [0.3, 0.4) is 0 Å². The van der Waals surface area contributed by atoms with E-state index in [9.17, 15) is 14.4 Å². The topological polar surface area (TPSA) is 110 Å². The average Bonchev–Trinajstić information content (AvgIpc) is 3.44. The number of nitrogens with one attached hydrogen (secondary N) is 2. The Kier molecular flexibility index (Phi) is 5.71. The third kappa shape index (κ3) is 4.31. The molecule has 1 amide bonds. The number of amides is 1. The number of aromatic nitrogens is 3. The van der Waals surface area contributed by atoms with Gasteiger partial charge in [0.15, 0.2) is 0 Å². The third-order valence-electron chi connectivity index (χ3n) is 4.44. The van der Waals surface area contributed by atoms with E-state index in [0.717, 1.165) is 27.0 Å². The van der Waals surface area contributed by atoms with Crippen molar-refractivity contribution in [1.82, 2.24) is 19.9 Å². The highest BCUT2D eigenvalue weighted by molar-refractivity contribution is 7.13. The number of thiazole rings is 1. The molecule has 152 valence electrons. The first-order valence-electron chi connectivity index (χ1n) is 9.25. The number of hydrogen-bond acceptors (Lipinski definition) is 6. The number of H-pyrrole nitrogens is 1. The van der Waals surface area contributed by atoms with Gasteiger partial charge in [0.25, 0.3) is 11.5 Å². The molecule has 4 aromatic rings. The van der Waals surface area contributed by atoms with Crippen LogP contribution in [0.4, 0.5) is 0 Å². The molecule has 0 spiro atoms. The van der Waals surface area contributed by atoms with Gasteiger partial charge < -0.3 is 14.7 Å². The van der Waals surface area contributed by atoms with E-state index in [0.29, 0.717) is 18.7 Å². The van der Waals surface area contributed by atoms with E-state index in [1.54, 1.807) is 12.1 Å². The summed E-state index contributed by atoms with van der Waals surface area (Å²) in [6, 6.07) is 13.2. The maximum absolute atomic E-state index is 12.6. The zero-order valence-electron chi connectivity index (χ0n) is 15.8. The number of rotatable bonds is 7. The van der Waals surface area contributed by atoms with Crippen molar-refractivity contribution in [2.45, 2.75) is 13.0 Å². The molecular weight excluding hydrogens is 404 g/mol. The Labute approximate surface area is 174 Å². The summed E-state index contributed by atoms with van der Waals surface area (Å²) < 4.78 is 6.11. The molecule has 0 fully saturated rings. The monoisotopic (exact) mass is 422 g/mol. The molecular formula is C21H18N4O4S. The van der Waals surface area contributed by atoms with Crippen molar-refractivity contribution in [1.29, 1.82) is 0 Å². The fraction of sp³-hybridized carbons (Fsp3) is 0.143. The molecule has 30 heavy (non-hydrogen) atoms. The van der Waals surface area contributed by atoms with E-state index >= 15 is 0 Å². The summed E-state index contributed by atoms with van der Waals surface area (Å²) in [5.74, 6) is -0.110. The van der Waals surface area contributed by atoms with E-state index in [-0.39, 0.29) is 12.1 Å². The highest BCUT2D eigenvalue weighted by Gasteiger charge is 2.15. The normalized spacial score (nSPS) is 10.8. The molecule has 1 aromatic carbocycles. The number of carbonyl (C=O) groups is 1. The van der Waals surface area contributed by atoms with Gasteiger partial charge in [-0.1, -0.05) is 30.3 Å². The lowest BCUT2D eigenvalue weighted by Crippen LogP contribution is -2.41. The van der Waals surface area contributed by atoms with Crippen molar-refractivity contribution in [2.75, 3.05) is 6.54 Å². The Balaban J connectivity index is 1.40. The number of nitrogens with zero attached hydrogens (tertiary/aromatic N) is 2. The van der Waals surface area contributed by atoms with Gasteiger partial charge in [-0.2, -0.15) is 0 Å². The quantitative estimate of drug-likeness (QED) is 0.475. The van der Waals surface area contributed by atoms with Crippen LogP contribution in [0.2, 0.25) is 0 Å². The highest BCUT2D eigenvalue weighted by atomic mass is 32.1. The number of carbonyl (C=O) groups excluding carboxylic acids is 1. The van der Waals surface area contributed by atoms with Gasteiger partial charge in [-0.3, -0.25) is 14.2 Å². The predicted octanol–water partition coefficient (Wildman–Crippen LogP) is 2.27. The van der Waals surface area contributed by atoms with Crippen LogP contribution < -0.4 is 16.6 Å². The molecule has 3 aromatic heterocycles. The van der Waals surface area contributed by atoms with Gasteiger partial charge in [0.05, 0.1) is 18.5 Å². The molecule has 0 aliphatic rings. The lowest BCUT2D eigenvalue weighted by molar-refractivity contribution is 0.0951. The number of aromatic amines is 1. The molecule has 0 saturated carbocycles. The minimum Gasteiger partial charge on any atom is -0.467 e. The highest BCUT2D eigenvalue weighted by Crippen LogP contribution is 2.23. The van der Waals surface area contributed by atoms with Crippen molar-refractivity contribution in [3.8, 4) is 10.6 Å². The smallest absolute Gasteiger partial charge is 0.328 e. The van der Waals surface area contributed by atoms with E-state index in [4.69, 9.17) is 4.42 Å². The lowest BCUT2D eigenvalue weighted by atomic mass is 10.2. The van der Waals surface area contributed by atoms with Gasteiger partial charge in [0.2, 0.25) is 0 Å². The lowest BCUT2D eigenvalue weighted by Gasteiger charge is -2.06. The molecule has 0 unspecified atom stereocenters. The maximum atomic E-state index is 12.6. The maximum Gasteiger partial charge on any atom is 0.328 e. The molecule has 9 heteroatoms. The van der Waals surface area contributed by atoms with Crippen molar-refractivity contribution in [3.05, 3.63) is 98.2 Å². The number of benzene rings is 1. The second-order valence-corrected chi connectivity index (χ2v) is 7.35. The van der Waals surface area contributed by atoms with E-state index in [2.05, 4.69) is 15.3 Å². The molecule has 4 rings (SSSR count). The van der Waals surface area contributed by atoms with Crippen LogP contribution in [0.5, 0.6) is 0 Å². The van der Waals surface area contributed by atoms with Gasteiger partial charge in [0.1, 0.15) is 16.3 Å². The Morgan fingerprint density at radius 2 is 2.00 bits per heavy atom. The summed E-state index contributed by atoms with van der Waals surface area (Å²) in [6.07, 6.45) is 3.11. The Morgan fingerprint density at radius 1 is 1.17 bits per heavy atom. The van der Waals surface area contributed by atoms with E-state index in [1.807, 2.05) is 35.7 Å². The van der Waals surface area contributed by atoms with Crippen LogP contribution >= 0.6 is 11.3 Å². The average molecular weight is 422 g/mol. The van der Waals surface area contributed by atoms with E-state index < -0.39 is 17.2 Å². The summed E-state index contributed by atoms with van der Waals surface area (Å²) in [5, 5.41) is 5.57. The van der Waals surface area contributed by atoms with Crippen molar-refractivity contribution in [2.24, 2.45) is 0 Å². The fourth-order valence-electron chi connectivity index (χ4n) is 2.91. The first-order chi connectivity index (χ1) is 14.6. The largest absolute Gasteiger partial charge is 0.467 e. The summed E-state index contributed by atoms with van der Waals surface area (Å²) in [5.41, 5.74) is 0.486. The molecule has 3 heterocycles. The summed E-state index contributed by atoms with van der Waals surface area (Å²) in [6.45, 7) is 0.261. The van der Waals surface area contributed by atoms with Gasteiger partial charge in [-0.15, -0.1) is 11.3 Å². The SMILES string of the molecule is O=C(NCCc1csc(-c2ccccc2)n1)c1c[nH]c(=O)n(Cc2ccco2)c1=O. The molecule has 0 radical (unpaired) electrons. The van der Waals surface area contributed by atoms with E-state index in [1.165, 1.54) is 17.6 Å². The first-order valence-corrected chi connectivity index (χ1v) is 10.1. The van der Waals surface area contributed by atoms with Gasteiger partial charge >= 0.3 is 5.69 Å². The molecule has 2 N–H and O–H groups in total. The Bertz CT molecular complexity index is 1260. The molecule has 0 bridgehead atoms. The van der Waals surface area contributed by atoms with Gasteiger partial charge in [-0.25, -0.2) is 9.78 Å².